The number of hydrogen-bond donors (Lipinski definition) is 0. The van der Waals surface area contributed by atoms with E-state index in [1.807, 2.05) is 30.1 Å². The van der Waals surface area contributed by atoms with E-state index in [0.717, 1.165) is 31.5 Å². The molecule has 0 saturated carbocycles. The van der Waals surface area contributed by atoms with E-state index in [0.29, 0.717) is 12.6 Å². The second-order valence-electron chi connectivity index (χ2n) is 5.44. The lowest BCUT2D eigenvalue weighted by atomic mass is 10.0. The Bertz CT molecular complexity index is 405. The summed E-state index contributed by atoms with van der Waals surface area (Å²) in [6.45, 7) is 2.79. The predicted molar refractivity (Wildman–Crippen MR) is 72.9 cm³/mol. The summed E-state index contributed by atoms with van der Waals surface area (Å²) in [5, 5.41) is 0. The molecule has 1 fully saturated rings. The van der Waals surface area contributed by atoms with Crippen molar-refractivity contribution in [3.63, 3.8) is 0 Å². The van der Waals surface area contributed by atoms with Crippen LogP contribution < -0.4 is 0 Å². The number of piperidine rings is 1. The van der Waals surface area contributed by atoms with Crippen molar-refractivity contribution in [2.45, 2.75) is 18.9 Å². The fourth-order valence-electron chi connectivity index (χ4n) is 2.55. The van der Waals surface area contributed by atoms with E-state index in [-0.39, 0.29) is 5.78 Å². The molecule has 4 nitrogen and oxygen atoms in total. The number of hydrogen-bond acceptors (Lipinski definition) is 3. The Labute approximate surface area is 109 Å². The van der Waals surface area contributed by atoms with Gasteiger partial charge in [-0.2, -0.15) is 0 Å². The fourth-order valence-corrected chi connectivity index (χ4v) is 2.55. The van der Waals surface area contributed by atoms with Crippen LogP contribution in [-0.4, -0.2) is 59.9 Å². The molecular formula is C14H23N3O. The summed E-state index contributed by atoms with van der Waals surface area (Å²) < 4.78 is 1.92. The van der Waals surface area contributed by atoms with Gasteiger partial charge in [-0.3, -0.25) is 9.69 Å². The molecule has 0 aliphatic carbocycles. The number of aryl methyl sites for hydroxylation is 1. The third-order valence-electron chi connectivity index (χ3n) is 3.86. The lowest BCUT2D eigenvalue weighted by Crippen LogP contribution is -2.43. The summed E-state index contributed by atoms with van der Waals surface area (Å²) in [6.07, 6.45) is 6.14. The quantitative estimate of drug-likeness (QED) is 0.752. The van der Waals surface area contributed by atoms with Crippen LogP contribution in [0.15, 0.2) is 18.5 Å². The zero-order chi connectivity index (χ0) is 13.1. The SMILES string of the molecule is CN1CCC(N(C)CC(=O)c2ccn(C)c2)CC1. The second-order valence-corrected chi connectivity index (χ2v) is 5.44. The van der Waals surface area contributed by atoms with Crippen molar-refractivity contribution in [1.82, 2.24) is 14.4 Å². The number of rotatable bonds is 4. The van der Waals surface area contributed by atoms with Crippen LogP contribution in [0.3, 0.4) is 0 Å². The van der Waals surface area contributed by atoms with Gasteiger partial charge in [-0.1, -0.05) is 0 Å². The Balaban J connectivity index is 1.87. The van der Waals surface area contributed by atoms with Gasteiger partial charge in [-0.05, 0) is 46.1 Å². The summed E-state index contributed by atoms with van der Waals surface area (Å²) in [4.78, 5) is 16.7. The molecule has 0 unspecified atom stereocenters. The molecule has 0 atom stereocenters. The minimum Gasteiger partial charge on any atom is -0.357 e. The molecule has 100 valence electrons. The highest BCUT2D eigenvalue weighted by molar-refractivity contribution is 5.97. The molecule has 1 aliphatic heterocycles. The van der Waals surface area contributed by atoms with Crippen LogP contribution in [0.2, 0.25) is 0 Å². The zero-order valence-electron chi connectivity index (χ0n) is 11.6. The van der Waals surface area contributed by atoms with Crippen LogP contribution in [0.1, 0.15) is 23.2 Å². The fraction of sp³-hybridized carbons (Fsp3) is 0.643. The maximum atomic E-state index is 12.1. The van der Waals surface area contributed by atoms with Gasteiger partial charge >= 0.3 is 0 Å². The molecule has 1 aliphatic rings. The first-order chi connectivity index (χ1) is 8.56. The van der Waals surface area contributed by atoms with E-state index in [1.165, 1.54) is 0 Å². The Morgan fingerprint density at radius 1 is 1.39 bits per heavy atom. The summed E-state index contributed by atoms with van der Waals surface area (Å²) in [5.41, 5.74) is 0.817. The van der Waals surface area contributed by atoms with Crippen LogP contribution in [0.25, 0.3) is 0 Å². The number of carbonyl (C=O) groups excluding carboxylic acids is 1. The zero-order valence-corrected chi connectivity index (χ0v) is 11.6. The number of carbonyl (C=O) groups is 1. The average Bonchev–Trinajstić information content (AvgIpc) is 2.76. The molecule has 0 aromatic carbocycles. The standard InChI is InChI=1S/C14H23N3O/c1-15-8-5-13(6-9-15)17(3)11-14(18)12-4-7-16(2)10-12/h4,7,10,13H,5-6,8-9,11H2,1-3H3. The first-order valence-corrected chi connectivity index (χ1v) is 6.60. The van der Waals surface area contributed by atoms with E-state index >= 15 is 0 Å². The third kappa shape index (κ3) is 3.21. The summed E-state index contributed by atoms with van der Waals surface area (Å²) in [6, 6.07) is 2.44. The molecule has 1 aromatic rings. The van der Waals surface area contributed by atoms with Gasteiger partial charge in [0, 0.05) is 31.0 Å². The van der Waals surface area contributed by atoms with Gasteiger partial charge in [0.1, 0.15) is 0 Å². The topological polar surface area (TPSA) is 28.5 Å². The van der Waals surface area contributed by atoms with E-state index in [9.17, 15) is 4.79 Å². The molecule has 0 bridgehead atoms. The summed E-state index contributed by atoms with van der Waals surface area (Å²) >= 11 is 0. The molecule has 0 N–H and O–H groups in total. The maximum Gasteiger partial charge on any atom is 0.178 e. The Morgan fingerprint density at radius 2 is 2.06 bits per heavy atom. The lowest BCUT2D eigenvalue weighted by molar-refractivity contribution is 0.0871. The van der Waals surface area contributed by atoms with Crippen LogP contribution >= 0.6 is 0 Å². The van der Waals surface area contributed by atoms with Gasteiger partial charge in [0.25, 0.3) is 0 Å². The first-order valence-electron chi connectivity index (χ1n) is 6.60. The van der Waals surface area contributed by atoms with Crippen molar-refractivity contribution in [1.29, 1.82) is 0 Å². The van der Waals surface area contributed by atoms with E-state index < -0.39 is 0 Å². The Hall–Kier alpha value is -1.13. The first kappa shape index (κ1) is 13.3. The minimum atomic E-state index is 0.219. The van der Waals surface area contributed by atoms with Gasteiger partial charge in [-0.15, -0.1) is 0 Å². The van der Waals surface area contributed by atoms with Crippen molar-refractivity contribution in [2.24, 2.45) is 7.05 Å². The van der Waals surface area contributed by atoms with Crippen molar-refractivity contribution in [3.05, 3.63) is 24.0 Å². The largest absolute Gasteiger partial charge is 0.357 e. The molecule has 1 aromatic heterocycles. The number of ketones is 1. The molecule has 0 amide bonds. The number of aromatic nitrogens is 1. The van der Waals surface area contributed by atoms with Crippen LogP contribution in [0.4, 0.5) is 0 Å². The normalized spacial score (nSPS) is 18.4. The summed E-state index contributed by atoms with van der Waals surface area (Å²) in [7, 11) is 6.17. The Kier molecular flexibility index (Phi) is 4.19. The number of Topliss-reactive ketones (excluding diaryl/α,β-unsaturated/α-hetero) is 1. The van der Waals surface area contributed by atoms with Gasteiger partial charge < -0.3 is 9.47 Å². The lowest BCUT2D eigenvalue weighted by Gasteiger charge is -2.34. The van der Waals surface area contributed by atoms with Gasteiger partial charge in [0.2, 0.25) is 0 Å². The number of nitrogens with zero attached hydrogens (tertiary/aromatic N) is 3. The molecular weight excluding hydrogens is 226 g/mol. The van der Waals surface area contributed by atoms with Crippen molar-refractivity contribution < 1.29 is 4.79 Å². The van der Waals surface area contributed by atoms with Crippen LogP contribution in [0.5, 0.6) is 0 Å². The third-order valence-corrected chi connectivity index (χ3v) is 3.86. The monoisotopic (exact) mass is 249 g/mol. The predicted octanol–water partition coefficient (Wildman–Crippen LogP) is 1.23. The summed E-state index contributed by atoms with van der Waals surface area (Å²) in [5.74, 6) is 0.219. The molecule has 1 saturated heterocycles. The van der Waals surface area contributed by atoms with Crippen LogP contribution in [0, 0.1) is 0 Å². The van der Waals surface area contributed by atoms with E-state index in [2.05, 4.69) is 23.9 Å². The highest BCUT2D eigenvalue weighted by atomic mass is 16.1. The van der Waals surface area contributed by atoms with Gasteiger partial charge in [0.05, 0.1) is 6.54 Å². The number of likely N-dealkylation sites (tertiary alicyclic amines) is 1. The molecule has 2 rings (SSSR count). The Morgan fingerprint density at radius 3 is 2.61 bits per heavy atom. The molecule has 4 heteroatoms. The van der Waals surface area contributed by atoms with Gasteiger partial charge in [0.15, 0.2) is 5.78 Å². The smallest absolute Gasteiger partial charge is 0.178 e. The van der Waals surface area contributed by atoms with Crippen LogP contribution in [-0.2, 0) is 7.05 Å². The highest BCUT2D eigenvalue weighted by Crippen LogP contribution is 2.14. The van der Waals surface area contributed by atoms with E-state index in [4.69, 9.17) is 0 Å². The number of likely N-dealkylation sites (N-methyl/N-ethyl adjacent to an activating group) is 1. The minimum absolute atomic E-state index is 0.219. The average molecular weight is 249 g/mol. The molecule has 18 heavy (non-hydrogen) atoms. The maximum absolute atomic E-state index is 12.1. The van der Waals surface area contributed by atoms with Gasteiger partial charge in [-0.25, -0.2) is 0 Å². The second kappa shape index (κ2) is 5.67. The van der Waals surface area contributed by atoms with E-state index in [1.54, 1.807) is 0 Å². The molecule has 2 heterocycles. The highest BCUT2D eigenvalue weighted by Gasteiger charge is 2.22. The molecule has 0 radical (unpaired) electrons. The van der Waals surface area contributed by atoms with Crippen molar-refractivity contribution in [3.8, 4) is 0 Å². The molecule has 0 spiro atoms. The van der Waals surface area contributed by atoms with Crippen molar-refractivity contribution >= 4 is 5.78 Å². The van der Waals surface area contributed by atoms with Crippen molar-refractivity contribution in [2.75, 3.05) is 33.7 Å².